The molecule has 0 aliphatic carbocycles. The maximum absolute atomic E-state index is 12.7. The minimum atomic E-state index is -3.55. The summed E-state index contributed by atoms with van der Waals surface area (Å²) in [5.41, 5.74) is 1.30. The number of hydrogen-bond acceptors (Lipinski definition) is 5. The van der Waals surface area contributed by atoms with Gasteiger partial charge in [0.05, 0.1) is 4.90 Å². The summed E-state index contributed by atoms with van der Waals surface area (Å²) in [6, 6.07) is 18.9. The van der Waals surface area contributed by atoms with E-state index in [0.717, 1.165) is 32.5 Å². The van der Waals surface area contributed by atoms with Gasteiger partial charge in [-0.05, 0) is 30.5 Å². The fourth-order valence-corrected chi connectivity index (χ4v) is 6.12. The van der Waals surface area contributed by atoms with Crippen LogP contribution >= 0.6 is 0 Å². The van der Waals surface area contributed by atoms with Gasteiger partial charge in [0.1, 0.15) is 0 Å². The second-order valence-electron chi connectivity index (χ2n) is 9.20. The first kappa shape index (κ1) is 25.3. The fourth-order valence-electron chi connectivity index (χ4n) is 4.67. The van der Waals surface area contributed by atoms with Crippen molar-refractivity contribution in [2.45, 2.75) is 43.2 Å². The number of piperazine rings is 1. The first-order valence-corrected chi connectivity index (χ1v) is 13.7. The van der Waals surface area contributed by atoms with E-state index in [0.29, 0.717) is 13.1 Å². The molecule has 2 amide bonds. The van der Waals surface area contributed by atoms with Crippen LogP contribution in [0, 0.1) is 0 Å². The molecule has 0 atom stereocenters. The van der Waals surface area contributed by atoms with E-state index in [1.54, 1.807) is 35.2 Å². The number of benzene rings is 2. The highest BCUT2D eigenvalue weighted by atomic mass is 32.2. The molecule has 188 valence electrons. The average Bonchev–Trinajstić information content (AvgIpc) is 2.89. The predicted molar refractivity (Wildman–Crippen MR) is 134 cm³/mol. The van der Waals surface area contributed by atoms with Gasteiger partial charge >= 0.3 is 0 Å². The van der Waals surface area contributed by atoms with Crippen LogP contribution in [0.1, 0.15) is 31.2 Å². The molecule has 0 spiro atoms. The summed E-state index contributed by atoms with van der Waals surface area (Å²) in [6.07, 6.45) is 2.12. The van der Waals surface area contributed by atoms with Crippen LogP contribution in [-0.2, 0) is 26.2 Å². The van der Waals surface area contributed by atoms with Crippen molar-refractivity contribution in [2.75, 3.05) is 39.3 Å². The molecule has 0 bridgehead atoms. The largest absolute Gasteiger partial charge is 0.353 e. The number of carbonyl (C=O) groups is 2. The first-order valence-electron chi connectivity index (χ1n) is 12.3. The van der Waals surface area contributed by atoms with E-state index < -0.39 is 10.0 Å². The fraction of sp³-hybridized carbons (Fsp3) is 0.462. The molecule has 2 aliphatic rings. The number of sulfonamides is 1. The maximum atomic E-state index is 12.7. The van der Waals surface area contributed by atoms with Crippen LogP contribution in [-0.4, -0.2) is 79.6 Å². The van der Waals surface area contributed by atoms with Gasteiger partial charge < -0.3 is 10.2 Å². The molecule has 2 aliphatic heterocycles. The number of likely N-dealkylation sites (tertiary alicyclic amines) is 1. The molecule has 0 radical (unpaired) electrons. The highest BCUT2D eigenvalue weighted by molar-refractivity contribution is 7.89. The highest BCUT2D eigenvalue weighted by Crippen LogP contribution is 2.18. The number of piperidine rings is 1. The molecule has 2 heterocycles. The number of amides is 2. The van der Waals surface area contributed by atoms with Crippen LogP contribution in [0.2, 0.25) is 0 Å². The van der Waals surface area contributed by atoms with Crippen molar-refractivity contribution in [3.05, 3.63) is 66.2 Å². The summed E-state index contributed by atoms with van der Waals surface area (Å²) in [6.45, 7) is 4.01. The number of nitrogens with zero attached hydrogens (tertiary/aromatic N) is 3. The van der Waals surface area contributed by atoms with Gasteiger partial charge in [0.15, 0.2) is 0 Å². The number of carbonyl (C=O) groups excluding carboxylic acids is 2. The molecular weight excluding hydrogens is 464 g/mol. The quantitative estimate of drug-likeness (QED) is 0.602. The second kappa shape index (κ2) is 11.8. The molecule has 1 N–H and O–H groups in total. The van der Waals surface area contributed by atoms with E-state index in [4.69, 9.17) is 0 Å². The van der Waals surface area contributed by atoms with Gasteiger partial charge in [-0.15, -0.1) is 0 Å². The van der Waals surface area contributed by atoms with Crippen LogP contribution in [0.25, 0.3) is 0 Å². The summed E-state index contributed by atoms with van der Waals surface area (Å²) < 4.78 is 26.9. The Balaban J connectivity index is 1.14. The summed E-state index contributed by atoms with van der Waals surface area (Å²) >= 11 is 0. The van der Waals surface area contributed by atoms with Gasteiger partial charge in [-0.3, -0.25) is 14.5 Å². The van der Waals surface area contributed by atoms with Crippen molar-refractivity contribution in [1.29, 1.82) is 0 Å². The van der Waals surface area contributed by atoms with Gasteiger partial charge in [-0.2, -0.15) is 4.31 Å². The monoisotopic (exact) mass is 498 g/mol. The van der Waals surface area contributed by atoms with Gasteiger partial charge in [0.2, 0.25) is 21.8 Å². The number of rotatable bonds is 8. The molecule has 0 unspecified atom stereocenters. The lowest BCUT2D eigenvalue weighted by Crippen LogP contribution is -2.50. The van der Waals surface area contributed by atoms with Gasteiger partial charge in [-0.1, -0.05) is 48.5 Å². The summed E-state index contributed by atoms with van der Waals surface area (Å²) in [7, 11) is -3.55. The SMILES string of the molecule is O=C(CCC(=O)N1CCN(S(=O)(=O)c2ccccc2)CC1)NC1CCN(Cc2ccccc2)CC1. The molecule has 35 heavy (non-hydrogen) atoms. The van der Waals surface area contributed by atoms with Crippen LogP contribution in [0.5, 0.6) is 0 Å². The Morgan fingerprint density at radius 2 is 1.40 bits per heavy atom. The van der Waals surface area contributed by atoms with Gasteiger partial charge in [0, 0.05) is 64.7 Å². The Labute approximate surface area is 207 Å². The van der Waals surface area contributed by atoms with E-state index in [2.05, 4.69) is 34.5 Å². The summed E-state index contributed by atoms with van der Waals surface area (Å²) in [4.78, 5) is 29.4. The van der Waals surface area contributed by atoms with Crippen molar-refractivity contribution >= 4 is 21.8 Å². The molecule has 2 fully saturated rings. The predicted octanol–water partition coefficient (Wildman–Crippen LogP) is 2.08. The Hall–Kier alpha value is -2.75. The van der Waals surface area contributed by atoms with Crippen LogP contribution in [0.4, 0.5) is 0 Å². The second-order valence-corrected chi connectivity index (χ2v) is 11.1. The maximum Gasteiger partial charge on any atom is 0.243 e. The highest BCUT2D eigenvalue weighted by Gasteiger charge is 2.30. The lowest BCUT2D eigenvalue weighted by molar-refractivity contribution is -0.134. The van der Waals surface area contributed by atoms with E-state index >= 15 is 0 Å². The number of hydrogen-bond donors (Lipinski definition) is 1. The van der Waals surface area contributed by atoms with Gasteiger partial charge in [0.25, 0.3) is 0 Å². The van der Waals surface area contributed by atoms with Crippen LogP contribution in [0.3, 0.4) is 0 Å². The van der Waals surface area contributed by atoms with Crippen LogP contribution in [0.15, 0.2) is 65.6 Å². The standard InChI is InChI=1S/C26H34N4O4S/c31-25(27-23-13-15-28(16-14-23)21-22-7-3-1-4-8-22)11-12-26(32)29-17-19-30(20-18-29)35(33,34)24-9-5-2-6-10-24/h1-10,23H,11-21H2,(H,27,31). The topological polar surface area (TPSA) is 90.0 Å². The normalized spacial score (nSPS) is 18.3. The third-order valence-electron chi connectivity index (χ3n) is 6.74. The van der Waals surface area contributed by atoms with Crippen LogP contribution < -0.4 is 5.32 Å². The molecule has 4 rings (SSSR count). The van der Waals surface area contributed by atoms with E-state index in [9.17, 15) is 18.0 Å². The smallest absolute Gasteiger partial charge is 0.243 e. The molecule has 2 aromatic rings. The molecule has 2 aromatic carbocycles. The Morgan fingerprint density at radius 3 is 2.03 bits per heavy atom. The lowest BCUT2D eigenvalue weighted by atomic mass is 10.0. The van der Waals surface area contributed by atoms with Crippen molar-refractivity contribution in [2.24, 2.45) is 0 Å². The van der Waals surface area contributed by atoms with E-state index in [1.807, 2.05) is 6.07 Å². The molecule has 0 aromatic heterocycles. The first-order chi connectivity index (χ1) is 16.9. The van der Waals surface area contributed by atoms with E-state index in [1.165, 1.54) is 9.87 Å². The average molecular weight is 499 g/mol. The molecule has 2 saturated heterocycles. The number of nitrogens with one attached hydrogen (secondary N) is 1. The zero-order valence-corrected chi connectivity index (χ0v) is 20.8. The van der Waals surface area contributed by atoms with E-state index in [-0.39, 0.29) is 48.7 Å². The molecule has 0 saturated carbocycles. The van der Waals surface area contributed by atoms with Crippen molar-refractivity contribution in [1.82, 2.24) is 19.4 Å². The zero-order valence-electron chi connectivity index (χ0n) is 20.0. The zero-order chi connectivity index (χ0) is 24.7. The van der Waals surface area contributed by atoms with Crippen molar-refractivity contribution in [3.8, 4) is 0 Å². The molecular formula is C26H34N4O4S. The Kier molecular flexibility index (Phi) is 8.54. The van der Waals surface area contributed by atoms with Crippen molar-refractivity contribution < 1.29 is 18.0 Å². The lowest BCUT2D eigenvalue weighted by Gasteiger charge is -2.34. The minimum Gasteiger partial charge on any atom is -0.353 e. The summed E-state index contributed by atoms with van der Waals surface area (Å²) in [5, 5.41) is 3.08. The van der Waals surface area contributed by atoms with Crippen molar-refractivity contribution in [3.63, 3.8) is 0 Å². The van der Waals surface area contributed by atoms with Gasteiger partial charge in [-0.25, -0.2) is 8.42 Å². The third-order valence-corrected chi connectivity index (χ3v) is 8.65. The summed E-state index contributed by atoms with van der Waals surface area (Å²) in [5.74, 6) is -0.195. The molecule has 9 heteroatoms. The molecule has 8 nitrogen and oxygen atoms in total. The minimum absolute atomic E-state index is 0.0925. The Bertz CT molecular complexity index is 1080. The third kappa shape index (κ3) is 6.90. The Morgan fingerprint density at radius 1 is 0.800 bits per heavy atom.